The van der Waals surface area contributed by atoms with E-state index in [1.807, 2.05) is 47.4 Å². The average Bonchev–Trinajstić information content (AvgIpc) is 3.34. The molecule has 1 saturated heterocycles. The molecule has 3 aromatic rings. The Morgan fingerprint density at radius 2 is 1.91 bits per heavy atom. The van der Waals surface area contributed by atoms with E-state index in [1.165, 1.54) is 11.3 Å². The zero-order valence-electron chi connectivity index (χ0n) is 18.8. The Morgan fingerprint density at radius 3 is 2.59 bits per heavy atom. The lowest BCUT2D eigenvalue weighted by Crippen LogP contribution is -2.35. The molecule has 1 aromatic heterocycles. The topological polar surface area (TPSA) is 54.5 Å². The van der Waals surface area contributed by atoms with Crippen LogP contribution in [-0.4, -0.2) is 48.7 Å². The van der Waals surface area contributed by atoms with Crippen molar-refractivity contribution < 1.29 is 22.7 Å². The largest absolute Gasteiger partial charge is 0.497 e. The summed E-state index contributed by atoms with van der Waals surface area (Å²) in [5, 5.41) is 5.56. The molecule has 4 rings (SSSR count). The minimum atomic E-state index is -4.13. The van der Waals surface area contributed by atoms with Crippen molar-refractivity contribution >= 4 is 22.9 Å². The lowest BCUT2D eigenvalue weighted by molar-refractivity contribution is -0.138. The van der Waals surface area contributed by atoms with Crippen molar-refractivity contribution in [2.45, 2.75) is 31.4 Å². The van der Waals surface area contributed by atoms with Crippen molar-refractivity contribution in [3.63, 3.8) is 0 Å². The molecule has 0 unspecified atom stereocenters. The molecule has 1 aliphatic rings. The molecule has 0 radical (unpaired) electrons. The first-order chi connectivity index (χ1) is 16.3. The lowest BCUT2D eigenvalue weighted by Gasteiger charge is -2.31. The van der Waals surface area contributed by atoms with Crippen LogP contribution in [-0.2, 0) is 0 Å². The molecule has 1 N–H and O–H groups in total. The molecule has 0 aliphatic carbocycles. The van der Waals surface area contributed by atoms with Crippen LogP contribution in [0.15, 0.2) is 53.9 Å². The first-order valence-corrected chi connectivity index (χ1v) is 12.0. The molecular formula is C25H26F3N3O2S. The second kappa shape index (κ2) is 10.6. The van der Waals surface area contributed by atoms with E-state index in [0.29, 0.717) is 30.2 Å². The zero-order chi connectivity index (χ0) is 24.1. The zero-order valence-corrected chi connectivity index (χ0v) is 19.6. The molecule has 0 saturated carbocycles. The highest BCUT2D eigenvalue weighted by atomic mass is 32.1. The number of nitrogens with zero attached hydrogens (tertiary/aromatic N) is 2. The van der Waals surface area contributed by atoms with Crippen LogP contribution >= 0.6 is 11.3 Å². The van der Waals surface area contributed by atoms with E-state index in [2.05, 4.69) is 10.3 Å². The third kappa shape index (κ3) is 6.15. The van der Waals surface area contributed by atoms with Gasteiger partial charge in [0.2, 0.25) is 0 Å². The highest BCUT2D eigenvalue weighted by Gasteiger charge is 2.30. The van der Waals surface area contributed by atoms with Crippen LogP contribution in [0.2, 0.25) is 0 Å². The number of hydrogen-bond acceptors (Lipinski definition) is 5. The van der Waals surface area contributed by atoms with Crippen LogP contribution < -0.4 is 10.1 Å². The summed E-state index contributed by atoms with van der Waals surface area (Å²) < 4.78 is 42.7. The summed E-state index contributed by atoms with van der Waals surface area (Å²) in [6.45, 7) is 1.24. The normalized spacial score (nSPS) is 15.3. The number of methoxy groups -OCH3 is 1. The minimum absolute atomic E-state index is 0.0338. The fraction of sp³-hybridized carbons (Fsp3) is 0.360. The predicted octanol–water partition coefficient (Wildman–Crippen LogP) is 6.20. The van der Waals surface area contributed by atoms with Gasteiger partial charge in [-0.2, -0.15) is 13.2 Å². The van der Waals surface area contributed by atoms with Gasteiger partial charge in [-0.3, -0.25) is 4.79 Å². The fourth-order valence-electron chi connectivity index (χ4n) is 4.08. The molecule has 9 heteroatoms. The lowest BCUT2D eigenvalue weighted by atomic mass is 9.97. The molecule has 1 fully saturated rings. The van der Waals surface area contributed by atoms with Crippen molar-refractivity contribution in [3.8, 4) is 16.9 Å². The van der Waals surface area contributed by atoms with Crippen molar-refractivity contribution in [1.29, 1.82) is 0 Å². The summed E-state index contributed by atoms with van der Waals surface area (Å²) in [4.78, 5) is 19.4. The maximum Gasteiger partial charge on any atom is 0.390 e. The fourth-order valence-corrected chi connectivity index (χ4v) is 5.05. The third-order valence-corrected chi connectivity index (χ3v) is 6.97. The molecule has 1 aliphatic heterocycles. The number of amides is 1. The number of likely N-dealkylation sites (tertiary alicyclic amines) is 1. The average molecular weight is 490 g/mol. The minimum Gasteiger partial charge on any atom is -0.497 e. The Hall–Kier alpha value is -2.91. The maximum atomic E-state index is 13.0. The summed E-state index contributed by atoms with van der Waals surface area (Å²) in [5.41, 5.74) is 2.80. The summed E-state index contributed by atoms with van der Waals surface area (Å²) in [6, 6.07) is 15.3. The van der Waals surface area contributed by atoms with E-state index in [-0.39, 0.29) is 18.4 Å². The first-order valence-electron chi connectivity index (χ1n) is 11.1. The Balaban J connectivity index is 1.42. The van der Waals surface area contributed by atoms with Crippen LogP contribution in [0.5, 0.6) is 5.75 Å². The number of alkyl halides is 3. The van der Waals surface area contributed by atoms with Gasteiger partial charge in [-0.25, -0.2) is 4.98 Å². The second-order valence-corrected chi connectivity index (χ2v) is 9.17. The van der Waals surface area contributed by atoms with E-state index >= 15 is 0 Å². The van der Waals surface area contributed by atoms with Gasteiger partial charge in [-0.15, -0.1) is 11.3 Å². The maximum absolute atomic E-state index is 13.0. The smallest absolute Gasteiger partial charge is 0.390 e. The van der Waals surface area contributed by atoms with Crippen molar-refractivity contribution in [2.24, 2.45) is 0 Å². The van der Waals surface area contributed by atoms with E-state index in [1.54, 1.807) is 18.6 Å². The van der Waals surface area contributed by atoms with Crippen LogP contribution in [0.3, 0.4) is 0 Å². The van der Waals surface area contributed by atoms with Gasteiger partial charge in [-0.1, -0.05) is 30.3 Å². The molecule has 1 amide bonds. The van der Waals surface area contributed by atoms with Crippen molar-refractivity contribution in [2.75, 3.05) is 32.1 Å². The number of aromatic nitrogens is 1. The number of ether oxygens (including phenoxy) is 1. The van der Waals surface area contributed by atoms with Crippen LogP contribution in [0.1, 0.15) is 40.7 Å². The number of carbonyl (C=O) groups is 1. The number of rotatable bonds is 7. The van der Waals surface area contributed by atoms with Gasteiger partial charge in [0.1, 0.15) is 11.4 Å². The highest BCUT2D eigenvalue weighted by molar-refractivity contribution is 7.10. The van der Waals surface area contributed by atoms with Gasteiger partial charge in [0.05, 0.1) is 24.2 Å². The summed E-state index contributed by atoms with van der Waals surface area (Å²) >= 11 is 1.43. The Labute approximate surface area is 200 Å². The van der Waals surface area contributed by atoms with Gasteiger partial charge in [0.15, 0.2) is 0 Å². The first kappa shape index (κ1) is 24.2. The number of carbonyl (C=O) groups excluding carboxylic acids is 1. The monoisotopic (exact) mass is 489 g/mol. The Kier molecular flexibility index (Phi) is 7.53. The Morgan fingerprint density at radius 1 is 1.18 bits per heavy atom. The van der Waals surface area contributed by atoms with Crippen molar-refractivity contribution in [3.05, 3.63) is 64.6 Å². The third-order valence-electron chi connectivity index (χ3n) is 5.96. The van der Waals surface area contributed by atoms with Gasteiger partial charge < -0.3 is 15.0 Å². The van der Waals surface area contributed by atoms with Crippen LogP contribution in [0.4, 0.5) is 18.9 Å². The molecule has 0 atom stereocenters. The summed E-state index contributed by atoms with van der Waals surface area (Å²) in [7, 11) is 1.57. The van der Waals surface area contributed by atoms with E-state index in [9.17, 15) is 18.0 Å². The number of piperidine rings is 1. The highest BCUT2D eigenvalue weighted by Crippen LogP contribution is 2.33. The molecule has 0 bridgehead atoms. The van der Waals surface area contributed by atoms with E-state index in [0.717, 1.165) is 29.0 Å². The van der Waals surface area contributed by atoms with Gasteiger partial charge in [-0.05, 0) is 43.6 Å². The molecule has 180 valence electrons. The van der Waals surface area contributed by atoms with Crippen molar-refractivity contribution in [1.82, 2.24) is 9.88 Å². The molecule has 0 spiro atoms. The van der Waals surface area contributed by atoms with Crippen LogP contribution in [0, 0.1) is 0 Å². The van der Waals surface area contributed by atoms with Gasteiger partial charge >= 0.3 is 6.18 Å². The van der Waals surface area contributed by atoms with E-state index in [4.69, 9.17) is 4.74 Å². The number of thiazole rings is 1. The molecular weight excluding hydrogens is 463 g/mol. The van der Waals surface area contributed by atoms with Gasteiger partial charge in [0.25, 0.3) is 5.91 Å². The van der Waals surface area contributed by atoms with Gasteiger partial charge in [0, 0.05) is 29.5 Å². The molecule has 5 nitrogen and oxygen atoms in total. The van der Waals surface area contributed by atoms with E-state index < -0.39 is 12.6 Å². The summed E-state index contributed by atoms with van der Waals surface area (Å²) in [5.74, 6) is 0.479. The molecule has 2 aromatic carbocycles. The predicted molar refractivity (Wildman–Crippen MR) is 128 cm³/mol. The number of halogens is 3. The molecule has 34 heavy (non-hydrogen) atoms. The number of hydrogen-bond donors (Lipinski definition) is 1. The quantitative estimate of drug-likeness (QED) is 0.429. The number of nitrogens with one attached hydrogen (secondary N) is 1. The number of benzene rings is 2. The number of anilines is 1. The Bertz CT molecular complexity index is 1110. The molecule has 2 heterocycles. The standard InChI is InChI=1S/C25H26F3N3O2S/c1-33-19-7-8-20(17-5-3-2-4-6-17)21(15-19)29-23(32)22-16-34-24(30-22)18-9-12-31(13-10-18)14-11-25(26,27)28/h2-8,15-16,18H,9-14H2,1H3,(H,29,32). The SMILES string of the molecule is COc1ccc(-c2ccccc2)c(NC(=O)c2csc(C3CCN(CCC(F)(F)F)CC3)n2)c1. The summed E-state index contributed by atoms with van der Waals surface area (Å²) in [6.07, 6.45) is -3.44. The second-order valence-electron chi connectivity index (χ2n) is 8.28. The van der Waals surface area contributed by atoms with Crippen LogP contribution in [0.25, 0.3) is 11.1 Å².